The maximum atomic E-state index is 12.7. The van der Waals surface area contributed by atoms with Crippen LogP contribution in [0, 0.1) is 5.92 Å². The van der Waals surface area contributed by atoms with Gasteiger partial charge in [-0.1, -0.05) is 233 Å². The number of carbonyl (C=O) groups is 3. The maximum Gasteiger partial charge on any atom is 0.306 e. The molecule has 0 aromatic carbocycles. The molecular weight excluding hydrogens is 685 g/mol. The average molecular weight is 779 g/mol. The van der Waals surface area contributed by atoms with Gasteiger partial charge in [0, 0.05) is 19.3 Å². The number of hydrogen-bond acceptors (Lipinski definition) is 6. The second-order valence-corrected chi connectivity index (χ2v) is 17.2. The summed E-state index contributed by atoms with van der Waals surface area (Å²) in [4.78, 5) is 37.8. The van der Waals surface area contributed by atoms with E-state index < -0.39 is 6.10 Å². The Morgan fingerprint density at radius 3 is 0.891 bits per heavy atom. The lowest BCUT2D eigenvalue weighted by atomic mass is 10.0. The number of esters is 3. The van der Waals surface area contributed by atoms with Crippen molar-refractivity contribution in [2.75, 3.05) is 13.2 Å². The molecule has 0 aromatic rings. The van der Waals surface area contributed by atoms with Gasteiger partial charge in [0.25, 0.3) is 0 Å². The highest BCUT2D eigenvalue weighted by atomic mass is 16.6. The lowest BCUT2D eigenvalue weighted by Crippen LogP contribution is -2.30. The van der Waals surface area contributed by atoms with Crippen LogP contribution in [-0.2, 0) is 28.6 Å². The second-order valence-electron chi connectivity index (χ2n) is 17.2. The molecule has 0 radical (unpaired) electrons. The Morgan fingerprint density at radius 1 is 0.345 bits per heavy atom. The summed E-state index contributed by atoms with van der Waals surface area (Å²) in [6.45, 7) is 8.94. The molecule has 0 spiro atoms. The van der Waals surface area contributed by atoms with Gasteiger partial charge in [-0.05, 0) is 25.2 Å². The molecule has 6 nitrogen and oxygen atoms in total. The monoisotopic (exact) mass is 779 g/mol. The predicted octanol–water partition coefficient (Wildman–Crippen LogP) is 15.5. The smallest absolute Gasteiger partial charge is 0.306 e. The van der Waals surface area contributed by atoms with Crippen LogP contribution in [0.3, 0.4) is 0 Å². The molecule has 0 amide bonds. The molecule has 0 aromatic heterocycles. The first-order valence-electron chi connectivity index (χ1n) is 24.4. The zero-order valence-electron chi connectivity index (χ0n) is 37.4. The molecule has 0 bridgehead atoms. The van der Waals surface area contributed by atoms with Crippen LogP contribution in [0.15, 0.2) is 0 Å². The van der Waals surface area contributed by atoms with Gasteiger partial charge in [-0.25, -0.2) is 0 Å². The van der Waals surface area contributed by atoms with Crippen LogP contribution in [0.5, 0.6) is 0 Å². The summed E-state index contributed by atoms with van der Waals surface area (Å²) in [5, 5.41) is 0. The summed E-state index contributed by atoms with van der Waals surface area (Å²) < 4.78 is 16.7. The first kappa shape index (κ1) is 53.4. The lowest BCUT2D eigenvalue weighted by Gasteiger charge is -2.18. The molecule has 0 N–H and O–H groups in total. The van der Waals surface area contributed by atoms with Crippen molar-refractivity contribution in [1.82, 2.24) is 0 Å². The molecule has 326 valence electrons. The molecule has 0 aliphatic heterocycles. The van der Waals surface area contributed by atoms with E-state index in [1.807, 2.05) is 0 Å². The van der Waals surface area contributed by atoms with Gasteiger partial charge in [0.2, 0.25) is 0 Å². The Hall–Kier alpha value is -1.59. The Balaban J connectivity index is 4.28. The minimum Gasteiger partial charge on any atom is -0.462 e. The number of unbranched alkanes of at least 4 members (excludes halogenated alkanes) is 31. The molecule has 0 aliphatic carbocycles. The lowest BCUT2D eigenvalue weighted by molar-refractivity contribution is -0.167. The van der Waals surface area contributed by atoms with E-state index >= 15 is 0 Å². The number of rotatable bonds is 44. The Morgan fingerprint density at radius 2 is 0.600 bits per heavy atom. The molecule has 0 unspecified atom stereocenters. The van der Waals surface area contributed by atoms with E-state index in [-0.39, 0.29) is 31.1 Å². The number of carbonyl (C=O) groups excluding carboxylic acids is 3. The topological polar surface area (TPSA) is 78.9 Å². The van der Waals surface area contributed by atoms with E-state index in [0.717, 1.165) is 63.7 Å². The van der Waals surface area contributed by atoms with Gasteiger partial charge in [-0.3, -0.25) is 14.4 Å². The molecule has 0 rings (SSSR count). The SMILES string of the molecule is CCCCCCCCCCCCCCCCCC(=O)OC[C@@H](COC(=O)CCCCCCCCC(C)C)OC(=O)CCCCCCCCCCCCCCC. The third-order valence-corrected chi connectivity index (χ3v) is 11.0. The van der Waals surface area contributed by atoms with Gasteiger partial charge in [0.15, 0.2) is 6.10 Å². The average Bonchev–Trinajstić information content (AvgIpc) is 3.17. The van der Waals surface area contributed by atoms with Crippen molar-refractivity contribution in [2.45, 2.75) is 278 Å². The van der Waals surface area contributed by atoms with E-state index in [9.17, 15) is 14.4 Å². The predicted molar refractivity (Wildman–Crippen MR) is 233 cm³/mol. The summed E-state index contributed by atoms with van der Waals surface area (Å²) in [6.07, 6.45) is 43.8. The van der Waals surface area contributed by atoms with Crippen LogP contribution in [0.4, 0.5) is 0 Å². The van der Waals surface area contributed by atoms with Crippen molar-refractivity contribution in [1.29, 1.82) is 0 Å². The van der Waals surface area contributed by atoms with Crippen LogP contribution < -0.4 is 0 Å². The third kappa shape index (κ3) is 43.4. The van der Waals surface area contributed by atoms with Gasteiger partial charge < -0.3 is 14.2 Å². The fourth-order valence-electron chi connectivity index (χ4n) is 7.33. The van der Waals surface area contributed by atoms with Gasteiger partial charge in [0.1, 0.15) is 13.2 Å². The quantitative estimate of drug-likeness (QED) is 0.0348. The van der Waals surface area contributed by atoms with Crippen LogP contribution >= 0.6 is 0 Å². The summed E-state index contributed by atoms with van der Waals surface area (Å²) in [6, 6.07) is 0. The van der Waals surface area contributed by atoms with E-state index in [1.165, 1.54) is 167 Å². The number of ether oxygens (including phenoxy) is 3. The van der Waals surface area contributed by atoms with Crippen molar-refractivity contribution in [2.24, 2.45) is 5.92 Å². The minimum atomic E-state index is -0.760. The molecule has 0 aliphatic rings. The first-order chi connectivity index (χ1) is 26.9. The largest absolute Gasteiger partial charge is 0.462 e. The summed E-state index contributed by atoms with van der Waals surface area (Å²) in [7, 11) is 0. The fourth-order valence-corrected chi connectivity index (χ4v) is 7.33. The second kappa shape index (κ2) is 43.5. The summed E-state index contributed by atoms with van der Waals surface area (Å²) >= 11 is 0. The minimum absolute atomic E-state index is 0.0639. The summed E-state index contributed by atoms with van der Waals surface area (Å²) in [5.41, 5.74) is 0. The van der Waals surface area contributed by atoms with Crippen LogP contribution in [0.2, 0.25) is 0 Å². The highest BCUT2D eigenvalue weighted by molar-refractivity contribution is 5.71. The maximum absolute atomic E-state index is 12.7. The molecule has 0 heterocycles. The highest BCUT2D eigenvalue weighted by Gasteiger charge is 2.19. The number of hydrogen-bond donors (Lipinski definition) is 0. The van der Waals surface area contributed by atoms with Crippen molar-refractivity contribution in [3.63, 3.8) is 0 Å². The summed E-state index contributed by atoms with van der Waals surface area (Å²) in [5.74, 6) is -0.0899. The molecular formula is C49H94O6. The highest BCUT2D eigenvalue weighted by Crippen LogP contribution is 2.16. The first-order valence-corrected chi connectivity index (χ1v) is 24.4. The van der Waals surface area contributed by atoms with Gasteiger partial charge in [0.05, 0.1) is 0 Å². The van der Waals surface area contributed by atoms with Crippen LogP contribution in [0.25, 0.3) is 0 Å². The third-order valence-electron chi connectivity index (χ3n) is 11.0. The molecule has 55 heavy (non-hydrogen) atoms. The molecule has 6 heteroatoms. The van der Waals surface area contributed by atoms with Crippen molar-refractivity contribution >= 4 is 17.9 Å². The van der Waals surface area contributed by atoms with E-state index in [2.05, 4.69) is 27.7 Å². The van der Waals surface area contributed by atoms with Crippen molar-refractivity contribution in [3.05, 3.63) is 0 Å². The zero-order valence-corrected chi connectivity index (χ0v) is 37.4. The van der Waals surface area contributed by atoms with Crippen molar-refractivity contribution in [3.8, 4) is 0 Å². The normalized spacial score (nSPS) is 11.9. The Labute approximate surface area is 342 Å². The molecule has 0 fully saturated rings. The zero-order chi connectivity index (χ0) is 40.3. The Bertz CT molecular complexity index is 826. The van der Waals surface area contributed by atoms with Gasteiger partial charge in [-0.15, -0.1) is 0 Å². The van der Waals surface area contributed by atoms with Gasteiger partial charge >= 0.3 is 17.9 Å². The Kier molecular flexibility index (Phi) is 42.3. The van der Waals surface area contributed by atoms with Crippen molar-refractivity contribution < 1.29 is 28.6 Å². The van der Waals surface area contributed by atoms with E-state index in [4.69, 9.17) is 14.2 Å². The van der Waals surface area contributed by atoms with E-state index in [0.29, 0.717) is 19.3 Å². The molecule has 0 saturated heterocycles. The van der Waals surface area contributed by atoms with Crippen LogP contribution in [0.1, 0.15) is 272 Å². The van der Waals surface area contributed by atoms with E-state index in [1.54, 1.807) is 0 Å². The fraction of sp³-hybridized carbons (Fsp3) is 0.939. The van der Waals surface area contributed by atoms with Gasteiger partial charge in [-0.2, -0.15) is 0 Å². The van der Waals surface area contributed by atoms with Crippen LogP contribution in [-0.4, -0.2) is 37.2 Å². The molecule has 1 atom stereocenters. The standard InChI is InChI=1S/C49H94O6/c1-5-7-9-11-13-15-17-19-20-22-23-25-27-32-36-40-47(50)53-43-46(44-54-48(51)41-37-33-30-29-31-35-39-45(3)4)55-49(52)42-38-34-28-26-24-21-18-16-14-12-10-8-6-2/h45-46H,5-44H2,1-4H3/t46-/m0/s1. The molecule has 0 saturated carbocycles.